The minimum atomic E-state index is -1.16. The molecule has 0 saturated carbocycles. The summed E-state index contributed by atoms with van der Waals surface area (Å²) in [5.41, 5.74) is 1.42. The van der Waals surface area contributed by atoms with Gasteiger partial charge in [-0.05, 0) is 24.1 Å². The molecule has 3 N–H and O–H groups in total. The lowest BCUT2D eigenvalue weighted by Gasteiger charge is -2.13. The first-order valence-corrected chi connectivity index (χ1v) is 4.75. The van der Waals surface area contributed by atoms with Gasteiger partial charge in [-0.15, -0.1) is 0 Å². The van der Waals surface area contributed by atoms with Gasteiger partial charge >= 0.3 is 6.09 Å². The summed E-state index contributed by atoms with van der Waals surface area (Å²) in [6, 6.07) is 8.27. The van der Waals surface area contributed by atoms with Crippen LogP contribution in [0.5, 0.6) is 0 Å². The van der Waals surface area contributed by atoms with E-state index in [0.29, 0.717) is 12.0 Å². The second-order valence-corrected chi connectivity index (χ2v) is 3.34. The summed E-state index contributed by atoms with van der Waals surface area (Å²) in [6.45, 7) is -0.258. The number of hydrogen-bond donors (Lipinski definition) is 3. The van der Waals surface area contributed by atoms with E-state index in [1.807, 2.05) is 6.07 Å². The van der Waals surface area contributed by atoms with Crippen LogP contribution in [0.15, 0.2) is 24.3 Å². The molecule has 16 heavy (non-hydrogen) atoms. The molecule has 0 unspecified atom stereocenters. The minimum absolute atomic E-state index is 0.258. The maximum atomic E-state index is 10.4. The van der Waals surface area contributed by atoms with E-state index >= 15 is 0 Å². The Bertz CT molecular complexity index is 395. The zero-order valence-electron chi connectivity index (χ0n) is 8.55. The lowest BCUT2D eigenvalue weighted by molar-refractivity contribution is 0.177. The van der Waals surface area contributed by atoms with E-state index in [0.717, 1.165) is 5.56 Å². The van der Waals surface area contributed by atoms with Crippen molar-refractivity contribution in [2.45, 2.75) is 12.5 Å². The molecular formula is C11H12N2O3. The van der Waals surface area contributed by atoms with E-state index in [1.165, 1.54) is 0 Å². The van der Waals surface area contributed by atoms with Crippen LogP contribution < -0.4 is 5.32 Å². The van der Waals surface area contributed by atoms with Crippen LogP contribution in [0.3, 0.4) is 0 Å². The Hall–Kier alpha value is -2.06. The quantitative estimate of drug-likeness (QED) is 0.697. The number of benzene rings is 1. The SMILES string of the molecule is N#Cc1ccc(C[C@H](CO)NC(=O)O)cc1. The highest BCUT2D eigenvalue weighted by Crippen LogP contribution is 2.06. The van der Waals surface area contributed by atoms with Crippen LogP contribution in [0.2, 0.25) is 0 Å². The molecule has 5 nitrogen and oxygen atoms in total. The molecule has 1 atom stereocenters. The molecule has 84 valence electrons. The van der Waals surface area contributed by atoms with E-state index < -0.39 is 12.1 Å². The average molecular weight is 220 g/mol. The van der Waals surface area contributed by atoms with Gasteiger partial charge in [-0.1, -0.05) is 12.1 Å². The maximum Gasteiger partial charge on any atom is 0.404 e. The summed E-state index contributed by atoms with van der Waals surface area (Å²) in [6.07, 6.45) is -0.762. The van der Waals surface area contributed by atoms with Crippen molar-refractivity contribution < 1.29 is 15.0 Å². The molecule has 1 aromatic carbocycles. The predicted octanol–water partition coefficient (Wildman–Crippen LogP) is 0.729. The molecule has 0 spiro atoms. The lowest BCUT2D eigenvalue weighted by atomic mass is 10.1. The Kier molecular flexibility index (Phi) is 4.30. The average Bonchev–Trinajstić information content (AvgIpc) is 2.28. The maximum absolute atomic E-state index is 10.4. The zero-order chi connectivity index (χ0) is 12.0. The third-order valence-corrected chi connectivity index (χ3v) is 2.11. The molecule has 1 aromatic rings. The topological polar surface area (TPSA) is 93.4 Å². The molecule has 1 amide bonds. The first-order chi connectivity index (χ1) is 7.65. The van der Waals surface area contributed by atoms with Crippen LogP contribution in [-0.2, 0) is 6.42 Å². The number of nitrogens with zero attached hydrogens (tertiary/aromatic N) is 1. The number of nitriles is 1. The van der Waals surface area contributed by atoms with Crippen molar-refractivity contribution in [3.05, 3.63) is 35.4 Å². The molecule has 0 saturated heterocycles. The van der Waals surface area contributed by atoms with Crippen molar-refractivity contribution in [3.8, 4) is 6.07 Å². The van der Waals surface area contributed by atoms with Crippen LogP contribution in [0.1, 0.15) is 11.1 Å². The van der Waals surface area contributed by atoms with Crippen LogP contribution in [0.4, 0.5) is 4.79 Å². The summed E-state index contributed by atoms with van der Waals surface area (Å²) in [5, 5.41) is 28.3. The largest absolute Gasteiger partial charge is 0.465 e. The van der Waals surface area contributed by atoms with Gasteiger partial charge in [-0.3, -0.25) is 0 Å². The summed E-state index contributed by atoms with van der Waals surface area (Å²) in [5.74, 6) is 0. The van der Waals surface area contributed by atoms with E-state index in [2.05, 4.69) is 5.32 Å². The van der Waals surface area contributed by atoms with E-state index in [9.17, 15) is 4.79 Å². The van der Waals surface area contributed by atoms with Gasteiger partial charge in [0.15, 0.2) is 0 Å². The molecule has 1 rings (SSSR count). The summed E-state index contributed by atoms with van der Waals surface area (Å²) in [7, 11) is 0. The van der Waals surface area contributed by atoms with Gasteiger partial charge in [-0.2, -0.15) is 5.26 Å². The molecule has 0 fully saturated rings. The van der Waals surface area contributed by atoms with Crippen molar-refractivity contribution >= 4 is 6.09 Å². The number of amides is 1. The van der Waals surface area contributed by atoms with E-state index in [1.54, 1.807) is 24.3 Å². The first kappa shape index (κ1) is 12.0. The van der Waals surface area contributed by atoms with E-state index in [-0.39, 0.29) is 6.61 Å². The molecule has 0 radical (unpaired) electrons. The monoisotopic (exact) mass is 220 g/mol. The van der Waals surface area contributed by atoms with Gasteiger partial charge in [0.1, 0.15) is 0 Å². The molecule has 0 aromatic heterocycles. The summed E-state index contributed by atoms with van der Waals surface area (Å²) in [4.78, 5) is 10.4. The van der Waals surface area contributed by atoms with Crippen molar-refractivity contribution in [1.82, 2.24) is 5.32 Å². The fourth-order valence-electron chi connectivity index (χ4n) is 1.34. The van der Waals surface area contributed by atoms with Gasteiger partial charge in [0.2, 0.25) is 0 Å². The summed E-state index contributed by atoms with van der Waals surface area (Å²) < 4.78 is 0. The predicted molar refractivity (Wildman–Crippen MR) is 56.9 cm³/mol. The zero-order valence-corrected chi connectivity index (χ0v) is 8.55. The van der Waals surface area contributed by atoms with Crippen molar-refractivity contribution in [1.29, 1.82) is 5.26 Å². The molecule has 0 aliphatic rings. The molecular weight excluding hydrogens is 208 g/mol. The number of aliphatic hydroxyl groups is 1. The minimum Gasteiger partial charge on any atom is -0.465 e. The Morgan fingerprint density at radius 2 is 2.06 bits per heavy atom. The highest BCUT2D eigenvalue weighted by atomic mass is 16.4. The van der Waals surface area contributed by atoms with Crippen molar-refractivity contribution in [2.24, 2.45) is 0 Å². The van der Waals surface area contributed by atoms with Gasteiger partial charge in [-0.25, -0.2) is 4.79 Å². The smallest absolute Gasteiger partial charge is 0.404 e. The Balaban J connectivity index is 2.63. The number of carbonyl (C=O) groups is 1. The normalized spacial score (nSPS) is 11.5. The fraction of sp³-hybridized carbons (Fsp3) is 0.273. The Morgan fingerprint density at radius 3 is 2.50 bits per heavy atom. The third kappa shape index (κ3) is 3.59. The molecule has 5 heteroatoms. The van der Waals surface area contributed by atoms with E-state index in [4.69, 9.17) is 15.5 Å². The Labute approximate surface area is 92.9 Å². The first-order valence-electron chi connectivity index (χ1n) is 4.75. The van der Waals surface area contributed by atoms with Gasteiger partial charge < -0.3 is 15.5 Å². The van der Waals surface area contributed by atoms with Crippen LogP contribution in [-0.4, -0.2) is 29.0 Å². The third-order valence-electron chi connectivity index (χ3n) is 2.11. The standard InChI is InChI=1S/C11H12N2O3/c12-6-9-3-1-8(2-4-9)5-10(7-14)13-11(15)16/h1-4,10,13-14H,5,7H2,(H,15,16)/t10-/m1/s1. The molecule has 0 aliphatic carbocycles. The highest BCUT2D eigenvalue weighted by molar-refractivity contribution is 5.64. The number of rotatable bonds is 4. The van der Waals surface area contributed by atoms with Gasteiger partial charge in [0.05, 0.1) is 24.3 Å². The highest BCUT2D eigenvalue weighted by Gasteiger charge is 2.10. The van der Waals surface area contributed by atoms with Crippen LogP contribution >= 0.6 is 0 Å². The number of aliphatic hydroxyl groups excluding tert-OH is 1. The summed E-state index contributed by atoms with van der Waals surface area (Å²) >= 11 is 0. The number of hydrogen-bond acceptors (Lipinski definition) is 3. The van der Waals surface area contributed by atoms with Crippen molar-refractivity contribution in [3.63, 3.8) is 0 Å². The van der Waals surface area contributed by atoms with Crippen LogP contribution in [0.25, 0.3) is 0 Å². The van der Waals surface area contributed by atoms with Gasteiger partial charge in [0, 0.05) is 0 Å². The molecule has 0 bridgehead atoms. The van der Waals surface area contributed by atoms with Crippen molar-refractivity contribution in [2.75, 3.05) is 6.61 Å². The van der Waals surface area contributed by atoms with Gasteiger partial charge in [0.25, 0.3) is 0 Å². The molecule has 0 heterocycles. The number of carboxylic acid groups (broad SMARTS) is 1. The number of nitrogens with one attached hydrogen (secondary N) is 1. The second kappa shape index (κ2) is 5.73. The fourth-order valence-corrected chi connectivity index (χ4v) is 1.34. The molecule has 0 aliphatic heterocycles. The van der Waals surface area contributed by atoms with Crippen LogP contribution in [0, 0.1) is 11.3 Å². The Morgan fingerprint density at radius 1 is 1.44 bits per heavy atom. The lowest BCUT2D eigenvalue weighted by Crippen LogP contribution is -2.38. The second-order valence-electron chi connectivity index (χ2n) is 3.34.